The normalized spacial score (nSPS) is 16.7. The van der Waals surface area contributed by atoms with Gasteiger partial charge in [-0.2, -0.15) is 9.37 Å². The lowest BCUT2D eigenvalue weighted by Gasteiger charge is -2.12. The zero-order chi connectivity index (χ0) is 10.7. The SMILES string of the molecule is NNc1ncc(F)c(OC2CCCC2)n1. The van der Waals surface area contributed by atoms with Crippen LogP contribution in [0, 0.1) is 5.82 Å². The number of ether oxygens (including phenoxy) is 1. The number of nitrogen functional groups attached to an aromatic ring is 1. The van der Waals surface area contributed by atoms with Crippen LogP contribution in [0.15, 0.2) is 6.20 Å². The Balaban J connectivity index is 2.11. The molecule has 0 spiro atoms. The molecule has 0 bridgehead atoms. The zero-order valence-corrected chi connectivity index (χ0v) is 8.24. The van der Waals surface area contributed by atoms with Crippen LogP contribution in [0.1, 0.15) is 25.7 Å². The van der Waals surface area contributed by atoms with Gasteiger partial charge in [-0.3, -0.25) is 5.43 Å². The minimum Gasteiger partial charge on any atom is -0.472 e. The summed E-state index contributed by atoms with van der Waals surface area (Å²) in [6, 6.07) is 0. The van der Waals surface area contributed by atoms with Gasteiger partial charge in [-0.15, -0.1) is 0 Å². The summed E-state index contributed by atoms with van der Waals surface area (Å²) in [5.41, 5.74) is 2.25. The number of nitrogens with two attached hydrogens (primary N) is 1. The number of anilines is 1. The second-order valence-corrected chi connectivity index (χ2v) is 3.52. The minimum atomic E-state index is -0.555. The van der Waals surface area contributed by atoms with E-state index in [0.717, 1.165) is 31.9 Å². The molecule has 0 unspecified atom stereocenters. The van der Waals surface area contributed by atoms with Gasteiger partial charge in [0.15, 0.2) is 0 Å². The van der Waals surface area contributed by atoms with E-state index in [1.165, 1.54) is 0 Å². The van der Waals surface area contributed by atoms with E-state index in [9.17, 15) is 4.39 Å². The number of hydrazine groups is 1. The van der Waals surface area contributed by atoms with Gasteiger partial charge in [-0.05, 0) is 25.7 Å². The van der Waals surface area contributed by atoms with E-state index in [1.807, 2.05) is 0 Å². The molecular formula is C9H13FN4O. The van der Waals surface area contributed by atoms with E-state index in [4.69, 9.17) is 10.6 Å². The summed E-state index contributed by atoms with van der Waals surface area (Å²) in [6.07, 6.45) is 5.27. The van der Waals surface area contributed by atoms with E-state index in [-0.39, 0.29) is 17.9 Å². The van der Waals surface area contributed by atoms with E-state index in [2.05, 4.69) is 15.4 Å². The maximum Gasteiger partial charge on any atom is 0.255 e. The number of nitrogens with one attached hydrogen (secondary N) is 1. The summed E-state index contributed by atoms with van der Waals surface area (Å²) in [4.78, 5) is 7.44. The van der Waals surface area contributed by atoms with Gasteiger partial charge in [0, 0.05) is 0 Å². The Kier molecular flexibility index (Phi) is 2.96. The molecule has 2 rings (SSSR count). The topological polar surface area (TPSA) is 73.1 Å². The van der Waals surface area contributed by atoms with Crippen molar-refractivity contribution >= 4 is 5.95 Å². The van der Waals surface area contributed by atoms with Gasteiger partial charge >= 0.3 is 0 Å². The Hall–Kier alpha value is -1.43. The molecule has 1 aliphatic carbocycles. The second kappa shape index (κ2) is 4.39. The highest BCUT2D eigenvalue weighted by Gasteiger charge is 2.19. The van der Waals surface area contributed by atoms with Crippen LogP contribution >= 0.6 is 0 Å². The lowest BCUT2D eigenvalue weighted by molar-refractivity contribution is 0.191. The molecule has 1 aromatic rings. The van der Waals surface area contributed by atoms with Crippen molar-refractivity contribution in [1.29, 1.82) is 0 Å². The number of hydrogen-bond donors (Lipinski definition) is 2. The molecule has 3 N–H and O–H groups in total. The van der Waals surface area contributed by atoms with Gasteiger partial charge in [-0.1, -0.05) is 0 Å². The summed E-state index contributed by atoms with van der Waals surface area (Å²) in [5.74, 6) is 4.70. The van der Waals surface area contributed by atoms with Crippen LogP contribution in [0.5, 0.6) is 5.88 Å². The minimum absolute atomic E-state index is 0.0233. The number of rotatable bonds is 3. The predicted octanol–water partition coefficient (Wildman–Crippen LogP) is 1.22. The van der Waals surface area contributed by atoms with Gasteiger partial charge in [0.05, 0.1) is 6.20 Å². The monoisotopic (exact) mass is 212 g/mol. The van der Waals surface area contributed by atoms with Crippen LogP contribution < -0.4 is 16.0 Å². The molecule has 82 valence electrons. The fraction of sp³-hybridized carbons (Fsp3) is 0.556. The third kappa shape index (κ3) is 2.33. The zero-order valence-electron chi connectivity index (χ0n) is 8.24. The Morgan fingerprint density at radius 3 is 2.87 bits per heavy atom. The van der Waals surface area contributed by atoms with E-state index >= 15 is 0 Å². The largest absolute Gasteiger partial charge is 0.472 e. The molecule has 0 aromatic carbocycles. The Bertz CT molecular complexity index is 341. The van der Waals surface area contributed by atoms with E-state index in [1.54, 1.807) is 0 Å². The first kappa shape index (κ1) is 10.1. The molecule has 5 nitrogen and oxygen atoms in total. The summed E-state index contributed by atoms with van der Waals surface area (Å²) in [6.45, 7) is 0. The van der Waals surface area contributed by atoms with Crippen LogP contribution in [0.2, 0.25) is 0 Å². The van der Waals surface area contributed by atoms with E-state index in [0.29, 0.717) is 0 Å². The highest BCUT2D eigenvalue weighted by molar-refractivity contribution is 5.26. The van der Waals surface area contributed by atoms with Crippen molar-refractivity contribution in [3.63, 3.8) is 0 Å². The average molecular weight is 212 g/mol. The third-order valence-corrected chi connectivity index (χ3v) is 2.42. The van der Waals surface area contributed by atoms with Crippen molar-refractivity contribution in [3.8, 4) is 5.88 Å². The Morgan fingerprint density at radius 1 is 1.47 bits per heavy atom. The molecule has 0 amide bonds. The Labute approximate surface area is 86.8 Å². The quantitative estimate of drug-likeness (QED) is 0.582. The standard InChI is InChI=1S/C9H13FN4O/c10-7-5-12-9(14-11)13-8(7)15-6-3-1-2-4-6/h5-6H,1-4,11H2,(H,12,13,14). The van der Waals surface area contributed by atoms with Crippen LogP contribution in [-0.4, -0.2) is 16.1 Å². The average Bonchev–Trinajstić information content (AvgIpc) is 2.74. The first-order valence-electron chi connectivity index (χ1n) is 4.95. The number of aromatic nitrogens is 2. The van der Waals surface area contributed by atoms with Crippen LogP contribution in [0.3, 0.4) is 0 Å². The molecular weight excluding hydrogens is 199 g/mol. The molecule has 1 fully saturated rings. The highest BCUT2D eigenvalue weighted by atomic mass is 19.1. The van der Waals surface area contributed by atoms with Crippen molar-refractivity contribution < 1.29 is 9.13 Å². The lowest BCUT2D eigenvalue weighted by atomic mass is 10.3. The molecule has 1 aliphatic rings. The van der Waals surface area contributed by atoms with Crippen LogP contribution in [-0.2, 0) is 0 Å². The molecule has 15 heavy (non-hydrogen) atoms. The van der Waals surface area contributed by atoms with Crippen molar-refractivity contribution in [2.75, 3.05) is 5.43 Å². The molecule has 6 heteroatoms. The number of halogens is 1. The van der Waals surface area contributed by atoms with Crippen molar-refractivity contribution in [1.82, 2.24) is 9.97 Å². The molecule has 0 atom stereocenters. The maximum absolute atomic E-state index is 13.2. The molecule has 0 saturated heterocycles. The van der Waals surface area contributed by atoms with Crippen LogP contribution in [0.4, 0.5) is 10.3 Å². The fourth-order valence-corrected chi connectivity index (χ4v) is 1.67. The molecule has 1 aromatic heterocycles. The van der Waals surface area contributed by atoms with Gasteiger partial charge in [0.25, 0.3) is 5.88 Å². The second-order valence-electron chi connectivity index (χ2n) is 3.52. The first-order valence-corrected chi connectivity index (χ1v) is 4.95. The van der Waals surface area contributed by atoms with E-state index < -0.39 is 5.82 Å². The highest BCUT2D eigenvalue weighted by Crippen LogP contribution is 2.24. The number of hydrogen-bond acceptors (Lipinski definition) is 5. The summed E-state index contributed by atoms with van der Waals surface area (Å²) < 4.78 is 18.7. The maximum atomic E-state index is 13.2. The molecule has 0 aliphatic heterocycles. The van der Waals surface area contributed by atoms with Gasteiger partial charge in [-0.25, -0.2) is 10.8 Å². The Morgan fingerprint density at radius 2 is 2.20 bits per heavy atom. The molecule has 1 saturated carbocycles. The fourth-order valence-electron chi connectivity index (χ4n) is 1.67. The van der Waals surface area contributed by atoms with Crippen molar-refractivity contribution in [3.05, 3.63) is 12.0 Å². The number of nitrogens with zero attached hydrogens (tertiary/aromatic N) is 2. The smallest absolute Gasteiger partial charge is 0.255 e. The molecule has 0 radical (unpaired) electrons. The van der Waals surface area contributed by atoms with Crippen molar-refractivity contribution in [2.24, 2.45) is 5.84 Å². The summed E-state index contributed by atoms with van der Waals surface area (Å²) in [7, 11) is 0. The summed E-state index contributed by atoms with van der Waals surface area (Å²) in [5, 5.41) is 0. The summed E-state index contributed by atoms with van der Waals surface area (Å²) >= 11 is 0. The van der Waals surface area contributed by atoms with Crippen molar-refractivity contribution in [2.45, 2.75) is 31.8 Å². The lowest BCUT2D eigenvalue weighted by Crippen LogP contribution is -2.16. The van der Waals surface area contributed by atoms with Crippen LogP contribution in [0.25, 0.3) is 0 Å². The third-order valence-electron chi connectivity index (χ3n) is 2.42. The van der Waals surface area contributed by atoms with Gasteiger partial charge in [0.2, 0.25) is 11.8 Å². The molecule has 1 heterocycles. The predicted molar refractivity (Wildman–Crippen MR) is 52.7 cm³/mol. The van der Waals surface area contributed by atoms with Gasteiger partial charge < -0.3 is 4.74 Å². The first-order chi connectivity index (χ1) is 7.29. The van der Waals surface area contributed by atoms with Gasteiger partial charge in [0.1, 0.15) is 6.10 Å².